The number of hydrogen-bond acceptors (Lipinski definition) is 7. The van der Waals surface area contributed by atoms with E-state index in [0.29, 0.717) is 32.0 Å². The minimum absolute atomic E-state index is 0.199. The van der Waals surface area contributed by atoms with Crippen LogP contribution in [0.1, 0.15) is 36.9 Å². The van der Waals surface area contributed by atoms with Crippen molar-refractivity contribution in [3.8, 4) is 0 Å². The number of amides is 1. The zero-order valence-electron chi connectivity index (χ0n) is 17.3. The van der Waals surface area contributed by atoms with Crippen molar-refractivity contribution < 1.29 is 14.6 Å². The Balaban J connectivity index is 1.70. The molecular weight excluding hydrogens is 382 g/mol. The van der Waals surface area contributed by atoms with Crippen LogP contribution in [0.3, 0.4) is 0 Å². The molecule has 1 aromatic carbocycles. The Morgan fingerprint density at radius 2 is 2.00 bits per heavy atom. The third-order valence-corrected chi connectivity index (χ3v) is 5.76. The summed E-state index contributed by atoms with van der Waals surface area (Å²) < 4.78 is 5.48. The van der Waals surface area contributed by atoms with Crippen LogP contribution in [0.4, 0.5) is 11.4 Å². The average Bonchev–Trinajstić information content (AvgIpc) is 2.97. The summed E-state index contributed by atoms with van der Waals surface area (Å²) in [5.74, 6) is -0.112. The van der Waals surface area contributed by atoms with E-state index in [4.69, 9.17) is 10.5 Å². The van der Waals surface area contributed by atoms with Gasteiger partial charge in [-0.15, -0.1) is 0 Å². The van der Waals surface area contributed by atoms with E-state index in [1.165, 1.54) is 6.20 Å². The lowest BCUT2D eigenvalue weighted by Crippen LogP contribution is -2.37. The molecular formula is C22H27N5O3. The van der Waals surface area contributed by atoms with Crippen LogP contribution < -0.4 is 16.0 Å². The van der Waals surface area contributed by atoms with Gasteiger partial charge in [0.2, 0.25) is 0 Å². The molecule has 30 heavy (non-hydrogen) atoms. The second kappa shape index (κ2) is 8.04. The lowest BCUT2D eigenvalue weighted by molar-refractivity contribution is -0.111. The predicted molar refractivity (Wildman–Crippen MR) is 115 cm³/mol. The van der Waals surface area contributed by atoms with Crippen LogP contribution in [0.25, 0.3) is 5.57 Å². The van der Waals surface area contributed by atoms with Gasteiger partial charge < -0.3 is 25.8 Å². The highest BCUT2D eigenvalue weighted by Crippen LogP contribution is 2.48. The molecule has 4 rings (SSSR count). The van der Waals surface area contributed by atoms with Gasteiger partial charge in [0.05, 0.1) is 36.3 Å². The molecule has 4 N–H and O–H groups in total. The van der Waals surface area contributed by atoms with Crippen molar-refractivity contribution >= 4 is 22.9 Å². The number of rotatable bonds is 4. The van der Waals surface area contributed by atoms with E-state index in [9.17, 15) is 9.90 Å². The number of benzene rings is 1. The zero-order chi connectivity index (χ0) is 21.3. The third kappa shape index (κ3) is 3.76. The van der Waals surface area contributed by atoms with Crippen LogP contribution in [-0.4, -0.2) is 47.3 Å². The molecule has 2 heterocycles. The van der Waals surface area contributed by atoms with Crippen molar-refractivity contribution in [3.05, 3.63) is 53.7 Å². The number of carbonyl (C=O) groups excluding carboxylic acids is 1. The summed E-state index contributed by atoms with van der Waals surface area (Å²) in [6.45, 7) is 6.75. The lowest BCUT2D eigenvalue weighted by atomic mass is 9.87. The van der Waals surface area contributed by atoms with Crippen LogP contribution >= 0.6 is 0 Å². The van der Waals surface area contributed by atoms with Gasteiger partial charge in [-0.1, -0.05) is 13.8 Å². The molecule has 1 aliphatic carbocycles. The molecule has 0 spiro atoms. The molecule has 1 fully saturated rings. The van der Waals surface area contributed by atoms with E-state index in [1.54, 1.807) is 18.5 Å². The maximum Gasteiger partial charge on any atom is 0.261 e. The van der Waals surface area contributed by atoms with Gasteiger partial charge in [-0.25, -0.2) is 9.97 Å². The van der Waals surface area contributed by atoms with E-state index in [2.05, 4.69) is 20.2 Å². The monoisotopic (exact) mass is 409 g/mol. The van der Waals surface area contributed by atoms with Gasteiger partial charge in [0, 0.05) is 31.7 Å². The van der Waals surface area contributed by atoms with Crippen LogP contribution in [0.2, 0.25) is 0 Å². The third-order valence-electron chi connectivity index (χ3n) is 5.76. The summed E-state index contributed by atoms with van der Waals surface area (Å²) in [5, 5.41) is 13.8. The fraction of sp³-hybridized carbons (Fsp3) is 0.409. The van der Waals surface area contributed by atoms with Gasteiger partial charge in [0.1, 0.15) is 0 Å². The number of nitrogens with two attached hydrogens (primary N) is 1. The van der Waals surface area contributed by atoms with Gasteiger partial charge in [-0.2, -0.15) is 0 Å². The van der Waals surface area contributed by atoms with Crippen LogP contribution in [0.5, 0.6) is 0 Å². The largest absolute Gasteiger partial charge is 0.404 e. The Bertz CT molecular complexity index is 968. The number of nitrogens with one attached hydrogen (secondary N) is 1. The van der Waals surface area contributed by atoms with Gasteiger partial charge in [-0.05, 0) is 41.2 Å². The van der Waals surface area contributed by atoms with Gasteiger partial charge in [0.15, 0.2) is 5.82 Å². The molecule has 1 saturated heterocycles. The van der Waals surface area contributed by atoms with Crippen molar-refractivity contribution in [1.82, 2.24) is 9.97 Å². The molecule has 0 radical (unpaired) electrons. The van der Waals surface area contributed by atoms with E-state index in [0.717, 1.165) is 23.2 Å². The second-order valence-corrected chi connectivity index (χ2v) is 8.34. The number of aliphatic hydroxyl groups is 1. The van der Waals surface area contributed by atoms with Crippen molar-refractivity contribution in [1.29, 1.82) is 0 Å². The van der Waals surface area contributed by atoms with Crippen LogP contribution in [0, 0.1) is 5.41 Å². The molecule has 1 aliphatic heterocycles. The molecule has 1 atom stereocenters. The minimum atomic E-state index is -0.547. The lowest BCUT2D eigenvalue weighted by Gasteiger charge is -2.31. The summed E-state index contributed by atoms with van der Waals surface area (Å²) in [7, 11) is 0. The molecule has 1 amide bonds. The molecule has 8 heteroatoms. The van der Waals surface area contributed by atoms with Gasteiger partial charge in [0.25, 0.3) is 5.91 Å². The van der Waals surface area contributed by atoms with Crippen molar-refractivity contribution in [2.45, 2.75) is 26.4 Å². The highest BCUT2D eigenvalue weighted by molar-refractivity contribution is 6.24. The zero-order valence-corrected chi connectivity index (χ0v) is 17.3. The highest BCUT2D eigenvalue weighted by atomic mass is 16.5. The summed E-state index contributed by atoms with van der Waals surface area (Å²) in [6, 6.07) is 5.65. The first-order valence-corrected chi connectivity index (χ1v) is 10.1. The smallest absolute Gasteiger partial charge is 0.261 e. The number of morpholine rings is 1. The van der Waals surface area contributed by atoms with Crippen molar-refractivity contribution in [3.63, 3.8) is 0 Å². The van der Waals surface area contributed by atoms with E-state index < -0.39 is 6.10 Å². The predicted octanol–water partition coefficient (Wildman–Crippen LogP) is 1.87. The molecule has 2 aromatic rings. The Morgan fingerprint density at radius 3 is 2.67 bits per heavy atom. The number of hydrogen-bond donors (Lipinski definition) is 3. The first kappa shape index (κ1) is 20.3. The molecule has 158 valence electrons. The molecule has 8 nitrogen and oxygen atoms in total. The van der Waals surface area contributed by atoms with E-state index in [-0.39, 0.29) is 22.7 Å². The minimum Gasteiger partial charge on any atom is -0.404 e. The standard InChI is InChI=1S/C22H27N5O3/c1-22(2)12-14-10-17(26-21(29)16(13-23)20-24-4-3-5-25-20)18(11-15(14)19(22)28)27-6-8-30-9-7-27/h3-5,10-11,13,19,28H,6-9,12,23H2,1-2H3,(H,26,29)/b16-13+/t19-/m0/s1. The van der Waals surface area contributed by atoms with E-state index in [1.807, 2.05) is 26.0 Å². The topological polar surface area (TPSA) is 114 Å². The van der Waals surface area contributed by atoms with Crippen LogP contribution in [-0.2, 0) is 16.0 Å². The normalized spacial score (nSPS) is 20.7. The second-order valence-electron chi connectivity index (χ2n) is 8.34. The molecule has 0 bridgehead atoms. The van der Waals surface area contributed by atoms with Crippen LogP contribution in [0.15, 0.2) is 36.8 Å². The summed E-state index contributed by atoms with van der Waals surface area (Å²) >= 11 is 0. The number of aliphatic hydroxyl groups excluding tert-OH is 1. The number of ether oxygens (including phenoxy) is 1. The highest BCUT2D eigenvalue weighted by Gasteiger charge is 2.39. The number of nitrogens with zero attached hydrogens (tertiary/aromatic N) is 3. The molecule has 1 aromatic heterocycles. The number of aromatic nitrogens is 2. The fourth-order valence-electron chi connectivity index (χ4n) is 4.11. The number of carbonyl (C=O) groups is 1. The quantitative estimate of drug-likeness (QED) is 0.661. The van der Waals surface area contributed by atoms with Gasteiger partial charge >= 0.3 is 0 Å². The number of fused-ring (bicyclic) bond motifs is 1. The maximum absolute atomic E-state index is 13.0. The first-order chi connectivity index (χ1) is 14.4. The Kier molecular flexibility index (Phi) is 5.44. The maximum atomic E-state index is 13.0. The van der Waals surface area contributed by atoms with Crippen molar-refractivity contribution in [2.75, 3.05) is 36.5 Å². The number of anilines is 2. The fourth-order valence-corrected chi connectivity index (χ4v) is 4.11. The molecule has 0 saturated carbocycles. The Labute approximate surface area is 175 Å². The summed E-state index contributed by atoms with van der Waals surface area (Å²) in [6.07, 6.45) is 4.54. The van der Waals surface area contributed by atoms with Crippen molar-refractivity contribution in [2.24, 2.45) is 11.1 Å². The SMILES string of the molecule is CC1(C)Cc2cc(NC(=O)/C(=C/N)c3ncccn3)c(N3CCOCC3)cc2[C@@H]1O. The Morgan fingerprint density at radius 1 is 1.30 bits per heavy atom. The molecule has 0 unspecified atom stereocenters. The van der Waals surface area contributed by atoms with E-state index >= 15 is 0 Å². The average molecular weight is 409 g/mol. The first-order valence-electron chi connectivity index (χ1n) is 10.1. The summed E-state index contributed by atoms with van der Waals surface area (Å²) in [5.41, 5.74) is 9.17. The summed E-state index contributed by atoms with van der Waals surface area (Å²) in [4.78, 5) is 23.5. The molecule has 2 aliphatic rings. The Hall–Kier alpha value is -2.97. The van der Waals surface area contributed by atoms with Gasteiger partial charge in [-0.3, -0.25) is 4.79 Å².